The minimum atomic E-state index is -0.234. The summed E-state index contributed by atoms with van der Waals surface area (Å²) in [5.74, 6) is 2.03. The number of carbonyl (C=O) groups is 1. The van der Waals surface area contributed by atoms with Gasteiger partial charge in [-0.15, -0.1) is 0 Å². The number of nitrogens with two attached hydrogens (primary N) is 2. The van der Waals surface area contributed by atoms with Gasteiger partial charge in [0.2, 0.25) is 11.6 Å². The Hall–Kier alpha value is -4.05. The molecule has 1 aliphatic heterocycles. The standard InChI is InChI=1S/C25H27N7O2S/c1-16(26)14-21(27)29-22-15-23(32-12-5-13-32)31-25(30-22)35-18-10-8-17(9-11-18)28-24(33)19-6-3-4-7-20(19)34-2/h3-4,6-11,14-15H,5,12-13,26H2,1-2H3,(H,28,33)(H2,27,29,30,31)/p+1/b16-14-. The quantitative estimate of drug-likeness (QED) is 0.250. The highest BCUT2D eigenvalue weighted by Gasteiger charge is 2.24. The van der Waals surface area contributed by atoms with Gasteiger partial charge in [0.05, 0.1) is 31.8 Å². The number of aliphatic imine (C=N–C) groups is 1. The lowest BCUT2D eigenvalue weighted by Gasteiger charge is -2.26. The first-order valence-electron chi connectivity index (χ1n) is 11.1. The lowest BCUT2D eigenvalue weighted by Crippen LogP contribution is -2.41. The summed E-state index contributed by atoms with van der Waals surface area (Å²) in [5.41, 5.74) is 13.4. The Bertz CT molecular complexity index is 1270. The lowest BCUT2D eigenvalue weighted by atomic mass is 10.2. The van der Waals surface area contributed by atoms with Crippen LogP contribution in [0.3, 0.4) is 0 Å². The van der Waals surface area contributed by atoms with E-state index in [0.717, 1.165) is 30.2 Å². The monoisotopic (exact) mass is 490 g/mol. The van der Waals surface area contributed by atoms with Crippen LogP contribution in [0.25, 0.3) is 0 Å². The number of aromatic amines is 1. The molecule has 1 aliphatic rings. The van der Waals surface area contributed by atoms with E-state index in [4.69, 9.17) is 16.2 Å². The number of H-pyrrole nitrogens is 1. The number of hydrogen-bond donors (Lipinski definition) is 3. The third-order valence-electron chi connectivity index (χ3n) is 5.21. The molecule has 35 heavy (non-hydrogen) atoms. The van der Waals surface area contributed by atoms with Gasteiger partial charge in [-0.3, -0.25) is 9.69 Å². The fourth-order valence-electron chi connectivity index (χ4n) is 3.41. The van der Waals surface area contributed by atoms with E-state index in [1.807, 2.05) is 36.4 Å². The van der Waals surface area contributed by atoms with E-state index in [1.54, 1.807) is 38.3 Å². The fourth-order valence-corrected chi connectivity index (χ4v) is 4.20. The second-order valence-corrected chi connectivity index (χ2v) is 9.04. The molecule has 0 atom stereocenters. The maximum absolute atomic E-state index is 12.6. The molecular weight excluding hydrogens is 462 g/mol. The SMILES string of the molecule is COc1ccccc1C(=O)Nc1ccc(Sc2nc(N=C(N)/C=C(/C)N)cc(N3CCC3)[nH+]2)cc1. The summed E-state index contributed by atoms with van der Waals surface area (Å²) in [4.78, 5) is 28.2. The van der Waals surface area contributed by atoms with E-state index in [1.165, 1.54) is 11.8 Å². The van der Waals surface area contributed by atoms with E-state index >= 15 is 0 Å². The number of aromatic nitrogens is 2. The predicted molar refractivity (Wildman–Crippen MR) is 138 cm³/mol. The zero-order chi connectivity index (χ0) is 24.8. The number of anilines is 2. The lowest BCUT2D eigenvalue weighted by molar-refractivity contribution is -0.420. The molecule has 0 saturated carbocycles. The predicted octanol–water partition coefficient (Wildman–Crippen LogP) is 3.37. The van der Waals surface area contributed by atoms with E-state index in [9.17, 15) is 4.79 Å². The summed E-state index contributed by atoms with van der Waals surface area (Å²) in [6.07, 6.45) is 2.75. The Morgan fingerprint density at radius 3 is 2.60 bits per heavy atom. The van der Waals surface area contributed by atoms with Crippen molar-refractivity contribution in [3.63, 3.8) is 0 Å². The number of rotatable bonds is 8. The molecule has 3 aromatic rings. The highest BCUT2D eigenvalue weighted by molar-refractivity contribution is 7.99. The van der Waals surface area contributed by atoms with Gasteiger partial charge < -0.3 is 21.5 Å². The number of amidine groups is 1. The van der Waals surface area contributed by atoms with Crippen molar-refractivity contribution in [2.45, 2.75) is 23.4 Å². The summed E-state index contributed by atoms with van der Waals surface area (Å²) >= 11 is 1.46. The van der Waals surface area contributed by atoms with Crippen molar-refractivity contribution in [2.24, 2.45) is 16.5 Å². The van der Waals surface area contributed by atoms with Crippen molar-refractivity contribution < 1.29 is 14.5 Å². The van der Waals surface area contributed by atoms with Crippen molar-refractivity contribution in [1.29, 1.82) is 0 Å². The van der Waals surface area contributed by atoms with Crippen molar-refractivity contribution >= 4 is 40.8 Å². The number of allylic oxidation sites excluding steroid dienone is 1. The summed E-state index contributed by atoms with van der Waals surface area (Å²) in [5, 5.41) is 3.58. The number of para-hydroxylation sites is 1. The van der Waals surface area contributed by atoms with Gasteiger partial charge in [0.1, 0.15) is 11.6 Å². The number of hydrogen-bond acceptors (Lipinski definition) is 7. The molecule has 1 amide bonds. The molecule has 180 valence electrons. The number of amides is 1. The van der Waals surface area contributed by atoms with E-state index in [-0.39, 0.29) is 5.91 Å². The molecule has 2 aromatic carbocycles. The second kappa shape index (κ2) is 10.9. The smallest absolute Gasteiger partial charge is 0.303 e. The highest BCUT2D eigenvalue weighted by atomic mass is 32.2. The van der Waals surface area contributed by atoms with Crippen molar-refractivity contribution in [3.05, 3.63) is 71.9 Å². The van der Waals surface area contributed by atoms with Crippen molar-refractivity contribution in [2.75, 3.05) is 30.4 Å². The Labute approximate surface area is 208 Å². The van der Waals surface area contributed by atoms with Crippen LogP contribution in [-0.4, -0.2) is 36.9 Å². The van der Waals surface area contributed by atoms with Gasteiger partial charge in [0.15, 0.2) is 0 Å². The van der Waals surface area contributed by atoms with Crippen LogP contribution in [0.1, 0.15) is 23.7 Å². The molecule has 1 saturated heterocycles. The van der Waals surface area contributed by atoms with Crippen LogP contribution in [0.5, 0.6) is 5.75 Å². The second-order valence-electron chi connectivity index (χ2n) is 7.98. The number of methoxy groups -OCH3 is 1. The van der Waals surface area contributed by atoms with E-state index in [2.05, 4.69) is 25.2 Å². The Kier molecular flexibility index (Phi) is 7.51. The Balaban J connectivity index is 1.51. The molecule has 0 aliphatic carbocycles. The maximum Gasteiger partial charge on any atom is 0.303 e. The van der Waals surface area contributed by atoms with Crippen LogP contribution in [-0.2, 0) is 0 Å². The summed E-state index contributed by atoms with van der Waals surface area (Å²) in [7, 11) is 1.54. The van der Waals surface area contributed by atoms with Gasteiger partial charge >= 0.3 is 5.16 Å². The average molecular weight is 491 g/mol. The molecule has 0 spiro atoms. The molecule has 0 bridgehead atoms. The first-order valence-corrected chi connectivity index (χ1v) is 11.9. The number of carbonyl (C=O) groups excluding carboxylic acids is 1. The van der Waals surface area contributed by atoms with Crippen molar-refractivity contribution in [3.8, 4) is 5.75 Å². The van der Waals surface area contributed by atoms with Crippen LogP contribution >= 0.6 is 11.8 Å². The van der Waals surface area contributed by atoms with Gasteiger partial charge in [-0.05, 0) is 61.2 Å². The Morgan fingerprint density at radius 2 is 1.94 bits per heavy atom. The van der Waals surface area contributed by atoms with Gasteiger partial charge in [-0.2, -0.15) is 4.99 Å². The molecule has 4 rings (SSSR count). The van der Waals surface area contributed by atoms with Crippen LogP contribution in [0.2, 0.25) is 0 Å². The molecule has 0 radical (unpaired) electrons. The van der Waals surface area contributed by atoms with Gasteiger partial charge in [-0.1, -0.05) is 17.1 Å². The maximum atomic E-state index is 12.6. The minimum absolute atomic E-state index is 0.234. The molecule has 9 nitrogen and oxygen atoms in total. The van der Waals surface area contributed by atoms with Gasteiger partial charge in [0, 0.05) is 22.7 Å². The van der Waals surface area contributed by atoms with Crippen LogP contribution in [0.15, 0.2) is 81.4 Å². The van der Waals surface area contributed by atoms with Gasteiger partial charge in [0.25, 0.3) is 5.91 Å². The zero-order valence-corrected chi connectivity index (χ0v) is 20.4. The average Bonchev–Trinajstić information content (AvgIpc) is 2.78. The minimum Gasteiger partial charge on any atom is -0.496 e. The third kappa shape index (κ3) is 6.30. The normalized spacial score (nSPS) is 13.8. The highest BCUT2D eigenvalue weighted by Crippen LogP contribution is 2.29. The number of benzene rings is 2. The Morgan fingerprint density at radius 1 is 1.20 bits per heavy atom. The molecule has 10 heteroatoms. The summed E-state index contributed by atoms with van der Waals surface area (Å²) in [6, 6.07) is 16.5. The van der Waals surface area contributed by atoms with E-state index in [0.29, 0.717) is 39.5 Å². The molecular formula is C25H28N7O2S+. The van der Waals surface area contributed by atoms with Crippen LogP contribution in [0, 0.1) is 0 Å². The first kappa shape index (κ1) is 24.1. The van der Waals surface area contributed by atoms with Crippen LogP contribution < -0.4 is 31.4 Å². The van der Waals surface area contributed by atoms with E-state index < -0.39 is 0 Å². The zero-order valence-electron chi connectivity index (χ0n) is 19.6. The fraction of sp³-hybridized carbons (Fsp3) is 0.200. The molecule has 0 unspecified atom stereocenters. The first-order chi connectivity index (χ1) is 16.9. The topological polar surface area (TPSA) is 133 Å². The summed E-state index contributed by atoms with van der Waals surface area (Å²) in [6.45, 7) is 3.71. The van der Waals surface area contributed by atoms with Crippen LogP contribution in [0.4, 0.5) is 17.3 Å². The number of nitrogens with one attached hydrogen (secondary N) is 2. The van der Waals surface area contributed by atoms with Gasteiger partial charge in [-0.25, -0.2) is 4.98 Å². The molecule has 1 aromatic heterocycles. The number of ether oxygens (including phenoxy) is 1. The molecule has 6 N–H and O–H groups in total. The van der Waals surface area contributed by atoms with Crippen molar-refractivity contribution in [1.82, 2.24) is 4.98 Å². The molecule has 1 fully saturated rings. The largest absolute Gasteiger partial charge is 0.496 e. The molecule has 2 heterocycles. The number of nitrogens with zero attached hydrogens (tertiary/aromatic N) is 3. The third-order valence-corrected chi connectivity index (χ3v) is 6.11. The summed E-state index contributed by atoms with van der Waals surface area (Å²) < 4.78 is 5.28.